The van der Waals surface area contributed by atoms with Crippen LogP contribution in [-0.2, 0) is 0 Å². The van der Waals surface area contributed by atoms with Crippen LogP contribution in [0.25, 0.3) is 0 Å². The Labute approximate surface area is 312 Å². The van der Waals surface area contributed by atoms with E-state index in [9.17, 15) is 0 Å². The predicted molar refractivity (Wildman–Crippen MR) is 238 cm³/mol. The van der Waals surface area contributed by atoms with Crippen LogP contribution in [0, 0.1) is 5.92 Å². The summed E-state index contributed by atoms with van der Waals surface area (Å²) in [6, 6.07) is 68.7. The van der Waals surface area contributed by atoms with Crippen molar-refractivity contribution in [2.75, 3.05) is 43.1 Å². The maximum Gasteiger partial charge on any atom is 0.0639 e. The molecule has 0 aliphatic heterocycles. The summed E-state index contributed by atoms with van der Waals surface area (Å²) < 4.78 is 0. The Kier molecular flexibility index (Phi) is 14.6. The molecule has 6 aromatic carbocycles. The molecule has 51 heavy (non-hydrogen) atoms. The third-order valence-corrected chi connectivity index (χ3v) is 23.3. The zero-order chi connectivity index (χ0) is 35.1. The lowest BCUT2D eigenvalue weighted by Gasteiger charge is -2.33. The molecule has 0 bridgehead atoms. The first-order valence-electron chi connectivity index (χ1n) is 18.6. The molecule has 0 saturated carbocycles. The SMILES string of the molecule is CC(C)CC[P+](CCP(c1ccccc1)c1ccccc1)(CCP(c1ccccc1)c1ccccc1)CCP(c1ccccc1)c1ccccc1. The third kappa shape index (κ3) is 11.0. The van der Waals surface area contributed by atoms with Crippen LogP contribution in [0.5, 0.6) is 0 Å². The molecular weight excluding hydrogens is 688 g/mol. The molecule has 260 valence electrons. The van der Waals surface area contributed by atoms with Gasteiger partial charge in [0.05, 0.1) is 24.6 Å². The quantitative estimate of drug-likeness (QED) is 0.0770. The first-order valence-corrected chi connectivity index (χ1v) is 25.7. The normalized spacial score (nSPS) is 11.9. The van der Waals surface area contributed by atoms with E-state index in [0.717, 1.165) is 0 Å². The van der Waals surface area contributed by atoms with Crippen LogP contribution < -0.4 is 31.8 Å². The van der Waals surface area contributed by atoms with Crippen molar-refractivity contribution in [3.05, 3.63) is 182 Å². The highest BCUT2D eigenvalue weighted by atomic mass is 31.2. The van der Waals surface area contributed by atoms with E-state index in [1.165, 1.54) is 81.4 Å². The Hall–Kier alpha value is -2.96. The molecule has 0 aliphatic rings. The van der Waals surface area contributed by atoms with Crippen LogP contribution in [-0.4, -0.2) is 43.1 Å². The minimum atomic E-state index is -1.39. The molecule has 0 saturated heterocycles. The Morgan fingerprint density at radius 3 is 0.745 bits per heavy atom. The third-order valence-electron chi connectivity index (χ3n) is 9.98. The van der Waals surface area contributed by atoms with Crippen LogP contribution in [0.15, 0.2) is 182 Å². The fourth-order valence-corrected chi connectivity index (χ4v) is 22.5. The van der Waals surface area contributed by atoms with Crippen molar-refractivity contribution < 1.29 is 0 Å². The van der Waals surface area contributed by atoms with Gasteiger partial charge in [-0.1, -0.05) is 196 Å². The van der Waals surface area contributed by atoms with E-state index in [2.05, 4.69) is 196 Å². The summed E-state index contributed by atoms with van der Waals surface area (Å²) in [5.41, 5.74) is 0. The Balaban J connectivity index is 1.38. The van der Waals surface area contributed by atoms with Gasteiger partial charge in [0.25, 0.3) is 0 Å². The van der Waals surface area contributed by atoms with Crippen LogP contribution in [0.4, 0.5) is 0 Å². The van der Waals surface area contributed by atoms with Crippen LogP contribution in [0.3, 0.4) is 0 Å². The lowest BCUT2D eigenvalue weighted by atomic mass is 10.2. The summed E-state index contributed by atoms with van der Waals surface area (Å²) in [5.74, 6) is 0.712. The molecular formula is C47H53P4+. The Bertz CT molecular complexity index is 1490. The topological polar surface area (TPSA) is 0 Å². The molecule has 6 aromatic rings. The monoisotopic (exact) mass is 741 g/mol. The minimum absolute atomic E-state index is 0.430. The second kappa shape index (κ2) is 19.8. The zero-order valence-electron chi connectivity index (χ0n) is 30.3. The number of benzene rings is 6. The van der Waals surface area contributed by atoms with Gasteiger partial charge in [0.15, 0.2) is 0 Å². The summed E-state index contributed by atoms with van der Waals surface area (Å²) in [7, 11) is -2.68. The van der Waals surface area contributed by atoms with Crippen molar-refractivity contribution in [1.29, 1.82) is 0 Å². The maximum atomic E-state index is 2.44. The van der Waals surface area contributed by atoms with E-state index < -0.39 is 31.0 Å². The molecule has 0 fully saturated rings. The van der Waals surface area contributed by atoms with E-state index in [1.807, 2.05) is 0 Å². The number of rotatable bonds is 18. The molecule has 0 aliphatic carbocycles. The summed E-state index contributed by atoms with van der Waals surface area (Å²) in [5, 5.41) is 9.12. The van der Waals surface area contributed by atoms with E-state index in [1.54, 1.807) is 0 Å². The molecule has 0 unspecified atom stereocenters. The van der Waals surface area contributed by atoms with E-state index in [-0.39, 0.29) is 0 Å². The molecule has 0 N–H and O–H groups in total. The van der Waals surface area contributed by atoms with Gasteiger partial charge < -0.3 is 0 Å². The second-order valence-corrected chi connectivity index (χ2v) is 25.4. The van der Waals surface area contributed by atoms with Crippen LogP contribution in [0.1, 0.15) is 20.3 Å². The first-order chi connectivity index (χ1) is 25.1. The number of hydrogen-bond donors (Lipinski definition) is 0. The summed E-state index contributed by atoms with van der Waals surface area (Å²) in [6.07, 6.45) is 10.7. The highest BCUT2D eigenvalue weighted by Gasteiger charge is 2.39. The van der Waals surface area contributed by atoms with Crippen LogP contribution in [0.2, 0.25) is 0 Å². The van der Waals surface area contributed by atoms with Crippen molar-refractivity contribution >= 4 is 62.9 Å². The zero-order valence-corrected chi connectivity index (χ0v) is 33.9. The predicted octanol–water partition coefficient (Wildman–Crippen LogP) is 10.4. The second-order valence-electron chi connectivity index (χ2n) is 13.9. The van der Waals surface area contributed by atoms with Gasteiger partial charge in [0.1, 0.15) is 0 Å². The van der Waals surface area contributed by atoms with Crippen molar-refractivity contribution in [3.8, 4) is 0 Å². The molecule has 0 amide bonds. The van der Waals surface area contributed by atoms with Gasteiger partial charge in [0, 0.05) is 25.7 Å². The molecule has 0 atom stereocenters. The molecule has 0 spiro atoms. The van der Waals surface area contributed by atoms with Gasteiger partial charge in [-0.05, 0) is 67.9 Å². The maximum absolute atomic E-state index is 2.44. The molecule has 0 aromatic heterocycles. The van der Waals surface area contributed by atoms with E-state index in [4.69, 9.17) is 0 Å². The van der Waals surface area contributed by atoms with Crippen molar-refractivity contribution in [2.24, 2.45) is 5.92 Å². The van der Waals surface area contributed by atoms with E-state index in [0.29, 0.717) is 5.92 Å². The largest absolute Gasteiger partial charge is 0.0639 e. The van der Waals surface area contributed by atoms with Crippen molar-refractivity contribution in [3.63, 3.8) is 0 Å². The van der Waals surface area contributed by atoms with Crippen LogP contribution >= 0.6 is 31.0 Å². The minimum Gasteiger partial charge on any atom is -0.0626 e. The molecule has 6 rings (SSSR count). The molecule has 0 nitrogen and oxygen atoms in total. The average Bonchev–Trinajstić information content (AvgIpc) is 3.20. The van der Waals surface area contributed by atoms with E-state index >= 15 is 0 Å². The summed E-state index contributed by atoms with van der Waals surface area (Å²) >= 11 is 0. The molecule has 0 heterocycles. The lowest BCUT2D eigenvalue weighted by Crippen LogP contribution is -2.25. The first kappa shape index (κ1) is 37.8. The smallest absolute Gasteiger partial charge is 0.0626 e. The lowest BCUT2D eigenvalue weighted by molar-refractivity contribution is 0.628. The van der Waals surface area contributed by atoms with Crippen molar-refractivity contribution in [2.45, 2.75) is 20.3 Å². The molecule has 0 radical (unpaired) electrons. The van der Waals surface area contributed by atoms with Gasteiger partial charge in [-0.2, -0.15) is 0 Å². The Morgan fingerprint density at radius 2 is 0.549 bits per heavy atom. The van der Waals surface area contributed by atoms with Gasteiger partial charge in [0.2, 0.25) is 0 Å². The van der Waals surface area contributed by atoms with Crippen molar-refractivity contribution in [1.82, 2.24) is 0 Å². The summed E-state index contributed by atoms with van der Waals surface area (Å²) in [6.45, 7) is 4.88. The summed E-state index contributed by atoms with van der Waals surface area (Å²) in [4.78, 5) is 0. The fraction of sp³-hybridized carbons (Fsp3) is 0.234. The van der Waals surface area contributed by atoms with Gasteiger partial charge in [-0.15, -0.1) is 0 Å². The Morgan fingerprint density at radius 1 is 0.333 bits per heavy atom. The molecule has 4 heteroatoms. The standard InChI is InChI=1S/C47H53P4/c1-41(2)33-37-51(38-34-48(42-21-9-3-10-22-42)43-23-11-4-12-24-43,39-35-49(44-25-13-5-14-26-44)45-27-15-6-16-28-45)40-36-50(46-29-17-7-18-30-46)47-31-19-8-20-32-47/h3-32,41H,33-40H2,1-2H3/q+1. The van der Waals surface area contributed by atoms with Gasteiger partial charge in [-0.3, -0.25) is 0 Å². The van der Waals surface area contributed by atoms with Gasteiger partial charge in [-0.25, -0.2) is 0 Å². The number of hydrogen-bond acceptors (Lipinski definition) is 0. The highest BCUT2D eigenvalue weighted by Crippen LogP contribution is 2.63. The highest BCUT2D eigenvalue weighted by molar-refractivity contribution is 7.81. The van der Waals surface area contributed by atoms with Gasteiger partial charge >= 0.3 is 0 Å². The fourth-order valence-electron chi connectivity index (χ4n) is 7.01. The average molecular weight is 742 g/mol.